The molecule has 0 aromatic carbocycles. The molecule has 0 radical (unpaired) electrons. The van der Waals surface area contributed by atoms with Crippen LogP contribution in [0, 0.1) is 17.8 Å². The number of aromatic nitrogens is 1. The molecular formula is C14H18ClNO2. The fourth-order valence-electron chi connectivity index (χ4n) is 3.53. The molecule has 4 heteroatoms. The normalized spacial score (nSPS) is 38.1. The van der Waals surface area contributed by atoms with E-state index in [1.54, 1.807) is 18.3 Å². The van der Waals surface area contributed by atoms with Gasteiger partial charge in [-0.25, -0.2) is 4.98 Å². The molecule has 0 amide bonds. The highest BCUT2D eigenvalue weighted by Crippen LogP contribution is 2.53. The first-order valence-corrected chi connectivity index (χ1v) is 6.90. The maximum atomic E-state index is 10.2. The predicted molar refractivity (Wildman–Crippen MR) is 69.7 cm³/mol. The second kappa shape index (κ2) is 4.39. The van der Waals surface area contributed by atoms with Crippen molar-refractivity contribution < 1.29 is 9.84 Å². The van der Waals surface area contributed by atoms with Gasteiger partial charge in [0.25, 0.3) is 0 Å². The fourth-order valence-corrected chi connectivity index (χ4v) is 3.71. The van der Waals surface area contributed by atoms with Crippen LogP contribution in [0.15, 0.2) is 18.3 Å². The van der Waals surface area contributed by atoms with Crippen molar-refractivity contribution in [3.8, 4) is 5.88 Å². The second-order valence-corrected chi connectivity index (χ2v) is 6.26. The highest BCUT2D eigenvalue weighted by molar-refractivity contribution is 6.31. The first-order chi connectivity index (χ1) is 8.56. The van der Waals surface area contributed by atoms with Gasteiger partial charge in [-0.1, -0.05) is 11.6 Å². The zero-order valence-electron chi connectivity index (χ0n) is 10.5. The van der Waals surface area contributed by atoms with Crippen molar-refractivity contribution in [1.29, 1.82) is 0 Å². The Labute approximate surface area is 112 Å². The molecule has 2 bridgehead atoms. The molecule has 1 aromatic heterocycles. The lowest BCUT2D eigenvalue weighted by Crippen LogP contribution is -2.35. The molecule has 1 heterocycles. The van der Waals surface area contributed by atoms with Gasteiger partial charge in [-0.3, -0.25) is 0 Å². The number of hydrogen-bond donors (Lipinski definition) is 1. The summed E-state index contributed by atoms with van der Waals surface area (Å²) in [6.45, 7) is 2.62. The van der Waals surface area contributed by atoms with Gasteiger partial charge >= 0.3 is 0 Å². The monoisotopic (exact) mass is 267 g/mol. The van der Waals surface area contributed by atoms with E-state index in [-0.39, 0.29) is 0 Å². The SMILES string of the molecule is C[C@@]1(O)C[C@@H]2C[C@@H]1C[C@H]2COc1ncccc1Cl. The first-order valence-electron chi connectivity index (χ1n) is 6.52. The van der Waals surface area contributed by atoms with Crippen molar-refractivity contribution in [2.45, 2.75) is 31.8 Å². The maximum Gasteiger partial charge on any atom is 0.232 e. The summed E-state index contributed by atoms with van der Waals surface area (Å²) in [7, 11) is 0. The number of pyridine rings is 1. The van der Waals surface area contributed by atoms with Crippen LogP contribution in [-0.2, 0) is 0 Å². The summed E-state index contributed by atoms with van der Waals surface area (Å²) < 4.78 is 5.72. The highest BCUT2D eigenvalue weighted by atomic mass is 35.5. The Kier molecular flexibility index (Phi) is 2.99. The van der Waals surface area contributed by atoms with E-state index in [2.05, 4.69) is 4.98 Å². The van der Waals surface area contributed by atoms with Gasteiger partial charge in [0.15, 0.2) is 0 Å². The quantitative estimate of drug-likeness (QED) is 0.916. The maximum absolute atomic E-state index is 10.2. The zero-order chi connectivity index (χ0) is 12.8. The molecule has 1 N–H and O–H groups in total. The molecule has 2 fully saturated rings. The molecule has 0 aliphatic heterocycles. The summed E-state index contributed by atoms with van der Waals surface area (Å²) in [6, 6.07) is 3.58. The lowest BCUT2D eigenvalue weighted by molar-refractivity contribution is -0.0121. The standard InChI is InChI=1S/C14H18ClNO2/c1-14(17)7-9-5-11(14)6-10(9)8-18-13-12(15)3-2-4-16-13/h2-4,9-11,17H,5-8H2,1H3/t9-,10-,11+,14+/m0/s1. The Morgan fingerprint density at radius 2 is 2.39 bits per heavy atom. The van der Waals surface area contributed by atoms with Crippen molar-refractivity contribution in [1.82, 2.24) is 4.98 Å². The molecule has 2 aliphatic carbocycles. The van der Waals surface area contributed by atoms with Crippen LogP contribution in [-0.4, -0.2) is 22.3 Å². The van der Waals surface area contributed by atoms with Gasteiger partial charge in [-0.05, 0) is 56.1 Å². The number of halogens is 1. The summed E-state index contributed by atoms with van der Waals surface area (Å²) in [5, 5.41) is 10.7. The Bertz CT molecular complexity index is 449. The van der Waals surface area contributed by atoms with Crippen molar-refractivity contribution in [3.63, 3.8) is 0 Å². The zero-order valence-corrected chi connectivity index (χ0v) is 11.2. The van der Waals surface area contributed by atoms with Crippen molar-refractivity contribution in [3.05, 3.63) is 23.4 Å². The molecule has 3 nitrogen and oxygen atoms in total. The summed E-state index contributed by atoms with van der Waals surface area (Å²) >= 11 is 6.01. The third-order valence-corrected chi connectivity index (χ3v) is 4.84. The molecule has 1 aromatic rings. The van der Waals surface area contributed by atoms with Crippen LogP contribution in [0.25, 0.3) is 0 Å². The van der Waals surface area contributed by atoms with E-state index in [1.165, 1.54) is 0 Å². The summed E-state index contributed by atoms with van der Waals surface area (Å²) in [5.41, 5.74) is -0.455. The Morgan fingerprint density at radius 1 is 1.56 bits per heavy atom. The van der Waals surface area contributed by atoms with Crippen LogP contribution in [0.3, 0.4) is 0 Å². The van der Waals surface area contributed by atoms with Crippen LogP contribution >= 0.6 is 11.6 Å². The van der Waals surface area contributed by atoms with Crippen LogP contribution in [0.5, 0.6) is 5.88 Å². The molecule has 4 atom stereocenters. The van der Waals surface area contributed by atoms with E-state index < -0.39 is 5.60 Å². The van der Waals surface area contributed by atoms with E-state index in [1.807, 2.05) is 6.92 Å². The molecule has 0 unspecified atom stereocenters. The minimum atomic E-state index is -0.455. The smallest absolute Gasteiger partial charge is 0.232 e. The summed E-state index contributed by atoms with van der Waals surface area (Å²) in [4.78, 5) is 4.13. The van der Waals surface area contributed by atoms with E-state index >= 15 is 0 Å². The van der Waals surface area contributed by atoms with E-state index in [9.17, 15) is 5.11 Å². The van der Waals surface area contributed by atoms with Gasteiger partial charge in [0, 0.05) is 6.20 Å². The van der Waals surface area contributed by atoms with E-state index in [0.29, 0.717) is 35.3 Å². The number of hydrogen-bond acceptors (Lipinski definition) is 3. The molecule has 18 heavy (non-hydrogen) atoms. The molecule has 2 saturated carbocycles. The molecule has 98 valence electrons. The lowest BCUT2D eigenvalue weighted by atomic mass is 9.80. The van der Waals surface area contributed by atoms with Crippen molar-refractivity contribution in [2.75, 3.05) is 6.61 Å². The first kappa shape index (κ1) is 12.2. The van der Waals surface area contributed by atoms with Gasteiger partial charge in [-0.2, -0.15) is 0 Å². The van der Waals surface area contributed by atoms with Gasteiger partial charge in [0.1, 0.15) is 5.02 Å². The van der Waals surface area contributed by atoms with Crippen LogP contribution in [0.2, 0.25) is 5.02 Å². The largest absolute Gasteiger partial charge is 0.476 e. The minimum absolute atomic E-state index is 0.440. The highest BCUT2D eigenvalue weighted by Gasteiger charge is 2.51. The number of aliphatic hydroxyl groups is 1. The Hall–Kier alpha value is -0.800. The molecule has 0 saturated heterocycles. The van der Waals surface area contributed by atoms with Gasteiger partial charge < -0.3 is 9.84 Å². The average Bonchev–Trinajstić information content (AvgIpc) is 2.83. The number of fused-ring (bicyclic) bond motifs is 2. The number of ether oxygens (including phenoxy) is 1. The van der Waals surface area contributed by atoms with Crippen LogP contribution < -0.4 is 4.74 Å². The van der Waals surface area contributed by atoms with Gasteiger partial charge in [0.2, 0.25) is 5.88 Å². The Morgan fingerprint density at radius 3 is 3.00 bits per heavy atom. The second-order valence-electron chi connectivity index (χ2n) is 5.85. The minimum Gasteiger partial charge on any atom is -0.476 e. The number of nitrogens with zero attached hydrogens (tertiary/aromatic N) is 1. The number of rotatable bonds is 3. The van der Waals surface area contributed by atoms with Crippen LogP contribution in [0.1, 0.15) is 26.2 Å². The average molecular weight is 268 g/mol. The molecule has 2 aliphatic rings. The van der Waals surface area contributed by atoms with Crippen molar-refractivity contribution >= 4 is 11.6 Å². The van der Waals surface area contributed by atoms with Gasteiger partial charge in [0.05, 0.1) is 12.2 Å². The van der Waals surface area contributed by atoms with E-state index in [4.69, 9.17) is 16.3 Å². The lowest BCUT2D eigenvalue weighted by Gasteiger charge is -2.32. The third-order valence-electron chi connectivity index (χ3n) is 4.55. The Balaban J connectivity index is 1.59. The van der Waals surface area contributed by atoms with Crippen LogP contribution in [0.4, 0.5) is 0 Å². The van der Waals surface area contributed by atoms with Gasteiger partial charge in [-0.15, -0.1) is 0 Å². The van der Waals surface area contributed by atoms with E-state index in [0.717, 1.165) is 19.3 Å². The third kappa shape index (κ3) is 2.10. The summed E-state index contributed by atoms with van der Waals surface area (Å²) in [5.74, 6) is 2.09. The molecule has 0 spiro atoms. The predicted octanol–water partition coefficient (Wildman–Crippen LogP) is 2.91. The summed E-state index contributed by atoms with van der Waals surface area (Å²) in [6.07, 6.45) is 4.79. The van der Waals surface area contributed by atoms with Crippen molar-refractivity contribution in [2.24, 2.45) is 17.8 Å². The molecule has 3 rings (SSSR count). The fraction of sp³-hybridized carbons (Fsp3) is 0.643. The molecular weight excluding hydrogens is 250 g/mol. The topological polar surface area (TPSA) is 42.4 Å².